The lowest BCUT2D eigenvalue weighted by Gasteiger charge is -2.00. The molecule has 16 heavy (non-hydrogen) atoms. The number of hydrogen-bond donors (Lipinski definition) is 2. The molecule has 0 aliphatic carbocycles. The highest BCUT2D eigenvalue weighted by Gasteiger charge is 2.12. The smallest absolute Gasteiger partial charge is 0.127 e. The summed E-state index contributed by atoms with van der Waals surface area (Å²) in [5, 5.41) is 11.1. The molecule has 2 aromatic rings. The number of aryl methyl sites for hydroxylation is 1. The summed E-state index contributed by atoms with van der Waals surface area (Å²) < 4.78 is 0. The van der Waals surface area contributed by atoms with Crippen LogP contribution in [0.15, 0.2) is 18.2 Å². The van der Waals surface area contributed by atoms with Gasteiger partial charge in [0, 0.05) is 16.4 Å². The first-order valence-corrected chi connectivity index (χ1v) is 5.96. The summed E-state index contributed by atoms with van der Waals surface area (Å²) >= 11 is 7.37. The predicted octanol–water partition coefficient (Wildman–Crippen LogP) is 2.94. The van der Waals surface area contributed by atoms with Gasteiger partial charge in [0.05, 0.1) is 11.3 Å². The van der Waals surface area contributed by atoms with Crippen LogP contribution in [-0.4, -0.2) is 10.1 Å². The molecule has 1 heterocycles. The maximum atomic E-state index is 9.74. The molecule has 3 nitrogen and oxygen atoms in total. The highest BCUT2D eigenvalue weighted by atomic mass is 35.5. The lowest BCUT2D eigenvalue weighted by molar-refractivity contribution is 0.477. The van der Waals surface area contributed by atoms with Crippen LogP contribution in [0.2, 0.25) is 5.02 Å². The lowest BCUT2D eigenvalue weighted by atomic mass is 10.2. The molecule has 0 aliphatic rings. The Morgan fingerprint density at radius 1 is 1.50 bits per heavy atom. The number of phenols is 1. The van der Waals surface area contributed by atoms with Crippen LogP contribution in [0, 0.1) is 6.92 Å². The van der Waals surface area contributed by atoms with Crippen molar-refractivity contribution in [3.05, 3.63) is 33.8 Å². The van der Waals surface area contributed by atoms with Crippen LogP contribution < -0.4 is 5.73 Å². The van der Waals surface area contributed by atoms with Gasteiger partial charge in [0.2, 0.25) is 0 Å². The molecule has 0 radical (unpaired) electrons. The second-order valence-electron chi connectivity index (χ2n) is 3.39. The second kappa shape index (κ2) is 4.41. The number of halogens is 1. The zero-order chi connectivity index (χ0) is 11.7. The van der Waals surface area contributed by atoms with E-state index in [1.54, 1.807) is 18.2 Å². The lowest BCUT2D eigenvalue weighted by Crippen LogP contribution is -1.94. The second-order valence-corrected chi connectivity index (χ2v) is 4.91. The van der Waals surface area contributed by atoms with Crippen molar-refractivity contribution in [3.63, 3.8) is 0 Å². The molecule has 0 amide bonds. The van der Waals surface area contributed by atoms with E-state index in [-0.39, 0.29) is 5.75 Å². The Kier molecular flexibility index (Phi) is 3.14. The highest BCUT2D eigenvalue weighted by Crippen LogP contribution is 2.35. The van der Waals surface area contributed by atoms with E-state index < -0.39 is 0 Å². The topological polar surface area (TPSA) is 59.1 Å². The number of hydrogen-bond acceptors (Lipinski definition) is 4. The number of benzene rings is 1. The maximum Gasteiger partial charge on any atom is 0.127 e. The third-order valence-electron chi connectivity index (χ3n) is 2.27. The van der Waals surface area contributed by atoms with Gasteiger partial charge in [-0.3, -0.25) is 0 Å². The first kappa shape index (κ1) is 11.4. The first-order chi connectivity index (χ1) is 7.61. The summed E-state index contributed by atoms with van der Waals surface area (Å²) in [6, 6.07) is 4.91. The molecule has 0 unspecified atom stereocenters. The molecule has 84 valence electrons. The van der Waals surface area contributed by atoms with Gasteiger partial charge < -0.3 is 10.8 Å². The molecule has 0 saturated carbocycles. The Balaban J connectivity index is 2.53. The maximum absolute atomic E-state index is 9.74. The van der Waals surface area contributed by atoms with Crippen LogP contribution in [0.3, 0.4) is 0 Å². The van der Waals surface area contributed by atoms with Crippen LogP contribution in [0.4, 0.5) is 0 Å². The number of rotatable bonds is 2. The van der Waals surface area contributed by atoms with Crippen LogP contribution in [-0.2, 0) is 6.54 Å². The van der Waals surface area contributed by atoms with Gasteiger partial charge in [0.25, 0.3) is 0 Å². The fourth-order valence-corrected chi connectivity index (χ4v) is 2.55. The molecule has 0 spiro atoms. The molecule has 1 aromatic heterocycles. The molecule has 0 saturated heterocycles. The van der Waals surface area contributed by atoms with Gasteiger partial charge >= 0.3 is 0 Å². The number of thiazole rings is 1. The van der Waals surface area contributed by atoms with E-state index in [9.17, 15) is 5.11 Å². The molecule has 1 aromatic carbocycles. The van der Waals surface area contributed by atoms with Gasteiger partial charge in [-0.2, -0.15) is 0 Å². The minimum Gasteiger partial charge on any atom is -0.507 e. The number of nitrogens with zero attached hydrogens (tertiary/aromatic N) is 1. The monoisotopic (exact) mass is 254 g/mol. The van der Waals surface area contributed by atoms with E-state index in [2.05, 4.69) is 4.98 Å². The third-order valence-corrected chi connectivity index (χ3v) is 3.72. The van der Waals surface area contributed by atoms with E-state index in [1.807, 2.05) is 6.92 Å². The third kappa shape index (κ3) is 2.04. The molecule has 3 N–H and O–H groups in total. The summed E-state index contributed by atoms with van der Waals surface area (Å²) in [6.07, 6.45) is 0. The number of phenolic OH excluding ortho intramolecular Hbond substituents is 1. The number of nitrogens with two attached hydrogens (primary N) is 1. The normalized spacial score (nSPS) is 10.7. The van der Waals surface area contributed by atoms with Crippen molar-refractivity contribution < 1.29 is 5.11 Å². The Morgan fingerprint density at radius 3 is 2.88 bits per heavy atom. The summed E-state index contributed by atoms with van der Waals surface area (Å²) in [7, 11) is 0. The molecule has 0 aliphatic heterocycles. The van der Waals surface area contributed by atoms with Gasteiger partial charge in [0.1, 0.15) is 10.8 Å². The van der Waals surface area contributed by atoms with E-state index in [0.29, 0.717) is 17.1 Å². The number of aromatic hydroxyl groups is 1. The van der Waals surface area contributed by atoms with Gasteiger partial charge in [-0.05, 0) is 25.1 Å². The fraction of sp³-hybridized carbons (Fsp3) is 0.182. The van der Waals surface area contributed by atoms with Crippen LogP contribution in [0.1, 0.15) is 10.6 Å². The largest absolute Gasteiger partial charge is 0.507 e. The van der Waals surface area contributed by atoms with Crippen molar-refractivity contribution in [2.45, 2.75) is 13.5 Å². The van der Waals surface area contributed by atoms with E-state index in [4.69, 9.17) is 17.3 Å². The van der Waals surface area contributed by atoms with E-state index >= 15 is 0 Å². The summed E-state index contributed by atoms with van der Waals surface area (Å²) in [6.45, 7) is 2.37. The van der Waals surface area contributed by atoms with Crippen molar-refractivity contribution in [1.82, 2.24) is 4.98 Å². The zero-order valence-electron chi connectivity index (χ0n) is 8.70. The minimum absolute atomic E-state index is 0.182. The van der Waals surface area contributed by atoms with Crippen molar-refractivity contribution >= 4 is 22.9 Å². The van der Waals surface area contributed by atoms with Crippen molar-refractivity contribution in [3.8, 4) is 16.3 Å². The summed E-state index contributed by atoms with van der Waals surface area (Å²) in [4.78, 5) is 5.40. The quantitative estimate of drug-likeness (QED) is 0.866. The standard InChI is InChI=1S/C11H11ClN2OS/c1-6-10(5-13)16-11(14-6)8-4-7(12)2-3-9(8)15/h2-4,15H,5,13H2,1H3. The Hall–Kier alpha value is -1.10. The van der Waals surface area contributed by atoms with Crippen molar-refractivity contribution in [2.75, 3.05) is 0 Å². The predicted molar refractivity (Wildman–Crippen MR) is 66.9 cm³/mol. The first-order valence-electron chi connectivity index (χ1n) is 4.77. The summed E-state index contributed by atoms with van der Waals surface area (Å²) in [5.74, 6) is 0.182. The van der Waals surface area contributed by atoms with Crippen LogP contribution in [0.5, 0.6) is 5.75 Å². The van der Waals surface area contributed by atoms with Gasteiger partial charge in [-0.1, -0.05) is 11.6 Å². The average molecular weight is 255 g/mol. The average Bonchev–Trinajstić information content (AvgIpc) is 2.63. The van der Waals surface area contributed by atoms with Crippen molar-refractivity contribution in [1.29, 1.82) is 0 Å². The molecular weight excluding hydrogens is 244 g/mol. The van der Waals surface area contributed by atoms with E-state index in [0.717, 1.165) is 15.6 Å². The van der Waals surface area contributed by atoms with Gasteiger partial charge in [-0.25, -0.2) is 4.98 Å². The Labute approximate surface area is 103 Å². The van der Waals surface area contributed by atoms with Crippen LogP contribution in [0.25, 0.3) is 10.6 Å². The molecule has 0 atom stereocenters. The van der Waals surface area contributed by atoms with E-state index in [1.165, 1.54) is 11.3 Å². The summed E-state index contributed by atoms with van der Waals surface area (Å²) in [5.41, 5.74) is 7.15. The Morgan fingerprint density at radius 2 is 2.25 bits per heavy atom. The molecule has 2 rings (SSSR count). The minimum atomic E-state index is 0.182. The SMILES string of the molecule is Cc1nc(-c2cc(Cl)ccc2O)sc1CN. The number of aromatic nitrogens is 1. The van der Waals surface area contributed by atoms with Crippen LogP contribution >= 0.6 is 22.9 Å². The zero-order valence-corrected chi connectivity index (χ0v) is 10.3. The molecule has 5 heteroatoms. The Bertz CT molecular complexity index is 525. The molecule has 0 fully saturated rings. The molecule has 0 bridgehead atoms. The van der Waals surface area contributed by atoms with Crippen molar-refractivity contribution in [2.24, 2.45) is 5.73 Å². The highest BCUT2D eigenvalue weighted by molar-refractivity contribution is 7.15. The van der Waals surface area contributed by atoms with Gasteiger partial charge in [-0.15, -0.1) is 11.3 Å². The fourth-order valence-electron chi connectivity index (χ4n) is 1.41. The van der Waals surface area contributed by atoms with Gasteiger partial charge in [0.15, 0.2) is 0 Å². The molecular formula is C11H11ClN2OS.